The topological polar surface area (TPSA) is 59.7 Å². The van der Waals surface area contributed by atoms with Crippen molar-refractivity contribution in [3.8, 4) is 17.1 Å². The monoisotopic (exact) mass is 346 g/mol. The molecule has 0 bridgehead atoms. The van der Waals surface area contributed by atoms with Gasteiger partial charge in [-0.15, -0.1) is 0 Å². The van der Waals surface area contributed by atoms with Crippen LogP contribution < -0.4 is 4.74 Å². The molecule has 5 heteroatoms. The smallest absolute Gasteiger partial charge is 0.455 e. The van der Waals surface area contributed by atoms with Crippen molar-refractivity contribution in [3.63, 3.8) is 0 Å². The number of benzene rings is 2. The molecule has 106 valence electrons. The summed E-state index contributed by atoms with van der Waals surface area (Å²) in [5.74, 6) is 0.786. The minimum absolute atomic E-state index is 0.237. The highest BCUT2D eigenvalue weighted by molar-refractivity contribution is 9.10. The van der Waals surface area contributed by atoms with Crippen LogP contribution >= 0.6 is 15.9 Å². The average Bonchev–Trinajstić information content (AvgIpc) is 2.76. The average molecular weight is 347 g/mol. The lowest BCUT2D eigenvalue weighted by Gasteiger charge is -2.05. The molecule has 3 rings (SSSR count). The van der Waals surface area contributed by atoms with Crippen molar-refractivity contribution in [3.05, 3.63) is 52.5 Å². The maximum atomic E-state index is 10.8. The summed E-state index contributed by atoms with van der Waals surface area (Å²) >= 11 is 3.53. The van der Waals surface area contributed by atoms with E-state index in [9.17, 15) is 4.79 Å². The summed E-state index contributed by atoms with van der Waals surface area (Å²) in [6.07, 6.45) is -1.36. The van der Waals surface area contributed by atoms with E-state index in [2.05, 4.69) is 15.9 Å². The number of halogens is 1. The minimum atomic E-state index is -1.36. The van der Waals surface area contributed by atoms with Crippen molar-refractivity contribution in [1.29, 1.82) is 0 Å². The lowest BCUT2D eigenvalue weighted by molar-refractivity contribution is 0.144. The zero-order valence-corrected chi connectivity index (χ0v) is 12.7. The van der Waals surface area contributed by atoms with Gasteiger partial charge in [0, 0.05) is 5.39 Å². The van der Waals surface area contributed by atoms with Crippen LogP contribution in [0.4, 0.5) is 4.79 Å². The summed E-state index contributed by atoms with van der Waals surface area (Å²) in [4.78, 5) is 10.8. The van der Waals surface area contributed by atoms with Gasteiger partial charge in [-0.1, -0.05) is 23.8 Å². The van der Waals surface area contributed by atoms with Gasteiger partial charge in [0.05, 0.1) is 10.0 Å². The van der Waals surface area contributed by atoms with Crippen LogP contribution in [0.5, 0.6) is 5.75 Å². The summed E-state index contributed by atoms with van der Waals surface area (Å²) in [5.41, 5.74) is 2.43. The van der Waals surface area contributed by atoms with Crippen LogP contribution in [-0.2, 0) is 0 Å². The number of carboxylic acid groups (broad SMARTS) is 1. The number of furan rings is 1. The Morgan fingerprint density at radius 2 is 2.00 bits per heavy atom. The second kappa shape index (κ2) is 5.26. The molecule has 1 N–H and O–H groups in total. The van der Waals surface area contributed by atoms with Crippen LogP contribution in [-0.4, -0.2) is 11.3 Å². The zero-order valence-electron chi connectivity index (χ0n) is 11.1. The van der Waals surface area contributed by atoms with Crippen molar-refractivity contribution >= 4 is 33.1 Å². The van der Waals surface area contributed by atoms with Crippen LogP contribution in [0, 0.1) is 6.92 Å². The first kappa shape index (κ1) is 13.7. The van der Waals surface area contributed by atoms with Crippen molar-refractivity contribution in [2.75, 3.05) is 0 Å². The fourth-order valence-corrected chi connectivity index (χ4v) is 2.80. The molecule has 0 atom stereocenters. The molecular formula is C16H11BrO4. The number of aryl methyl sites for hydroxylation is 1. The number of rotatable bonds is 2. The van der Waals surface area contributed by atoms with Gasteiger partial charge in [0.15, 0.2) is 5.76 Å². The highest BCUT2D eigenvalue weighted by atomic mass is 79.9. The standard InChI is InChI=1S/C16H11BrO4/c1-9-6-7-13-11(8-9)14(17)15(20-13)10-4-2-3-5-12(10)21-16(18)19/h2-8H,1H3,(H,18,19). The number of para-hydroxylation sites is 1. The number of hydrogen-bond donors (Lipinski definition) is 1. The molecule has 3 aromatic rings. The van der Waals surface area contributed by atoms with Gasteiger partial charge in [-0.3, -0.25) is 0 Å². The third kappa shape index (κ3) is 2.52. The Morgan fingerprint density at radius 3 is 2.76 bits per heavy atom. The van der Waals surface area contributed by atoms with E-state index in [4.69, 9.17) is 14.3 Å². The summed E-state index contributed by atoms with van der Waals surface area (Å²) in [6.45, 7) is 2.00. The van der Waals surface area contributed by atoms with Crippen molar-refractivity contribution in [2.24, 2.45) is 0 Å². The van der Waals surface area contributed by atoms with Gasteiger partial charge in [-0.05, 0) is 47.1 Å². The second-order valence-corrected chi connectivity index (χ2v) is 5.40. The fourth-order valence-electron chi connectivity index (χ4n) is 2.19. The first-order chi connectivity index (χ1) is 10.1. The molecule has 2 aromatic carbocycles. The van der Waals surface area contributed by atoms with Crippen LogP contribution in [0.25, 0.3) is 22.3 Å². The number of hydrogen-bond acceptors (Lipinski definition) is 3. The lowest BCUT2D eigenvalue weighted by atomic mass is 10.1. The predicted molar refractivity (Wildman–Crippen MR) is 82.7 cm³/mol. The molecule has 0 amide bonds. The van der Waals surface area contributed by atoms with E-state index in [0.29, 0.717) is 11.3 Å². The van der Waals surface area contributed by atoms with Gasteiger partial charge in [-0.2, -0.15) is 0 Å². The Bertz CT molecular complexity index is 835. The largest absolute Gasteiger partial charge is 0.511 e. The van der Waals surface area contributed by atoms with E-state index in [0.717, 1.165) is 21.0 Å². The first-order valence-corrected chi connectivity index (χ1v) is 7.04. The van der Waals surface area contributed by atoms with E-state index in [1.165, 1.54) is 0 Å². The Balaban J connectivity index is 2.21. The molecule has 21 heavy (non-hydrogen) atoms. The van der Waals surface area contributed by atoms with Crippen molar-refractivity contribution in [2.45, 2.75) is 6.92 Å². The minimum Gasteiger partial charge on any atom is -0.455 e. The lowest BCUT2D eigenvalue weighted by Crippen LogP contribution is -2.03. The van der Waals surface area contributed by atoms with Gasteiger partial charge < -0.3 is 14.3 Å². The zero-order chi connectivity index (χ0) is 15.0. The molecule has 0 aliphatic carbocycles. The van der Waals surface area contributed by atoms with Crippen LogP contribution in [0.2, 0.25) is 0 Å². The van der Waals surface area contributed by atoms with E-state index in [1.54, 1.807) is 24.3 Å². The summed E-state index contributed by atoms with van der Waals surface area (Å²) in [5, 5.41) is 9.76. The molecule has 1 aromatic heterocycles. The van der Waals surface area contributed by atoms with Crippen molar-refractivity contribution in [1.82, 2.24) is 0 Å². The Labute approximate surface area is 129 Å². The SMILES string of the molecule is Cc1ccc2oc(-c3ccccc3OC(=O)O)c(Br)c2c1. The predicted octanol–water partition coefficient (Wildman–Crippen LogP) is 5.23. The molecule has 0 aliphatic rings. The number of ether oxygens (including phenoxy) is 1. The summed E-state index contributed by atoms with van der Waals surface area (Å²) in [7, 11) is 0. The van der Waals surface area contributed by atoms with Gasteiger partial charge in [0.2, 0.25) is 0 Å². The van der Waals surface area contributed by atoms with Gasteiger partial charge in [0.1, 0.15) is 11.3 Å². The molecule has 0 saturated carbocycles. The maximum Gasteiger partial charge on any atom is 0.511 e. The molecule has 4 nitrogen and oxygen atoms in total. The maximum absolute atomic E-state index is 10.8. The van der Waals surface area contributed by atoms with E-state index < -0.39 is 6.16 Å². The van der Waals surface area contributed by atoms with Crippen molar-refractivity contribution < 1.29 is 19.1 Å². The fraction of sp³-hybridized carbons (Fsp3) is 0.0625. The van der Waals surface area contributed by atoms with E-state index in [-0.39, 0.29) is 5.75 Å². The van der Waals surface area contributed by atoms with E-state index in [1.807, 2.05) is 25.1 Å². The second-order valence-electron chi connectivity index (χ2n) is 4.61. The Morgan fingerprint density at radius 1 is 1.24 bits per heavy atom. The van der Waals surface area contributed by atoms with Crippen LogP contribution in [0.3, 0.4) is 0 Å². The molecule has 1 heterocycles. The van der Waals surface area contributed by atoms with Gasteiger partial charge in [-0.25, -0.2) is 4.79 Å². The molecule has 0 saturated heterocycles. The van der Waals surface area contributed by atoms with Crippen LogP contribution in [0.1, 0.15) is 5.56 Å². The van der Waals surface area contributed by atoms with E-state index >= 15 is 0 Å². The Kier molecular flexibility index (Phi) is 3.43. The molecule has 0 fully saturated rings. The summed E-state index contributed by atoms with van der Waals surface area (Å²) < 4.78 is 11.4. The highest BCUT2D eigenvalue weighted by Crippen LogP contribution is 2.41. The summed E-state index contributed by atoms with van der Waals surface area (Å²) in [6, 6.07) is 12.7. The normalized spacial score (nSPS) is 10.8. The van der Waals surface area contributed by atoms with Gasteiger partial charge >= 0.3 is 6.16 Å². The molecule has 0 aliphatic heterocycles. The van der Waals surface area contributed by atoms with Gasteiger partial charge in [0.25, 0.3) is 0 Å². The number of carbonyl (C=O) groups is 1. The third-order valence-corrected chi connectivity index (χ3v) is 3.90. The molecular weight excluding hydrogens is 336 g/mol. The Hall–Kier alpha value is -2.27. The molecule has 0 spiro atoms. The number of fused-ring (bicyclic) bond motifs is 1. The van der Waals surface area contributed by atoms with Crippen LogP contribution in [0.15, 0.2) is 51.4 Å². The highest BCUT2D eigenvalue weighted by Gasteiger charge is 2.18. The molecule has 0 unspecified atom stereocenters. The molecule has 0 radical (unpaired) electrons. The quantitative estimate of drug-likeness (QED) is 0.510. The first-order valence-electron chi connectivity index (χ1n) is 6.25. The third-order valence-electron chi connectivity index (χ3n) is 3.11.